The van der Waals surface area contributed by atoms with Gasteiger partial charge in [0.25, 0.3) is 5.91 Å². The Morgan fingerprint density at radius 2 is 2.32 bits per heavy atom. The van der Waals surface area contributed by atoms with E-state index in [-0.39, 0.29) is 29.1 Å². The van der Waals surface area contributed by atoms with Gasteiger partial charge in [-0.05, 0) is 18.6 Å². The van der Waals surface area contributed by atoms with E-state index in [1.165, 1.54) is 12.1 Å². The molecule has 0 bridgehead atoms. The molecule has 1 atom stereocenters. The number of carbonyl (C=O) groups is 2. The molecule has 1 aliphatic heterocycles. The lowest BCUT2D eigenvalue weighted by molar-refractivity contribution is -0.119. The number of hydrogen-bond acceptors (Lipinski definition) is 3. The van der Waals surface area contributed by atoms with E-state index < -0.39 is 5.82 Å². The van der Waals surface area contributed by atoms with Crippen molar-refractivity contribution in [1.29, 1.82) is 0 Å². The fourth-order valence-electron chi connectivity index (χ4n) is 2.11. The van der Waals surface area contributed by atoms with Crippen LogP contribution in [0.25, 0.3) is 0 Å². The molecule has 1 heterocycles. The highest BCUT2D eigenvalue weighted by molar-refractivity contribution is 5.99. The molecule has 1 unspecified atom stereocenters. The van der Waals surface area contributed by atoms with Crippen molar-refractivity contribution in [3.8, 4) is 0 Å². The predicted octanol–water partition coefficient (Wildman–Crippen LogP) is 0.876. The van der Waals surface area contributed by atoms with Gasteiger partial charge < -0.3 is 16.0 Å². The summed E-state index contributed by atoms with van der Waals surface area (Å²) in [5.74, 6) is -0.824. The van der Waals surface area contributed by atoms with E-state index in [4.69, 9.17) is 0 Å². The van der Waals surface area contributed by atoms with E-state index in [0.717, 1.165) is 0 Å². The fraction of sp³-hybridized carbons (Fsp3) is 0.385. The maximum Gasteiger partial charge on any atom is 0.253 e. The van der Waals surface area contributed by atoms with Crippen molar-refractivity contribution in [3.63, 3.8) is 0 Å². The summed E-state index contributed by atoms with van der Waals surface area (Å²) in [6.45, 7) is 0.351. The van der Waals surface area contributed by atoms with Crippen LogP contribution in [0, 0.1) is 5.82 Å². The molecule has 5 nitrogen and oxygen atoms in total. The van der Waals surface area contributed by atoms with E-state index in [9.17, 15) is 14.0 Å². The zero-order valence-corrected chi connectivity index (χ0v) is 10.6. The van der Waals surface area contributed by atoms with Gasteiger partial charge in [0.05, 0.1) is 11.3 Å². The molecule has 102 valence electrons. The first-order valence-electron chi connectivity index (χ1n) is 6.15. The molecular weight excluding hydrogens is 249 g/mol. The van der Waals surface area contributed by atoms with E-state index in [0.29, 0.717) is 19.4 Å². The second-order valence-corrected chi connectivity index (χ2v) is 4.43. The maximum absolute atomic E-state index is 13.5. The summed E-state index contributed by atoms with van der Waals surface area (Å²) >= 11 is 0. The smallest absolute Gasteiger partial charge is 0.253 e. The van der Waals surface area contributed by atoms with Crippen LogP contribution in [-0.4, -0.2) is 31.4 Å². The molecule has 0 radical (unpaired) electrons. The summed E-state index contributed by atoms with van der Waals surface area (Å²) in [5.41, 5.74) is 0.433. The molecule has 1 fully saturated rings. The Balaban J connectivity index is 2.00. The SMILES string of the molecule is CNc1c(F)cccc1C(=O)NCC1CCC(=O)N1. The number of benzene rings is 1. The third-order valence-electron chi connectivity index (χ3n) is 3.10. The molecule has 1 saturated heterocycles. The predicted molar refractivity (Wildman–Crippen MR) is 69.4 cm³/mol. The first kappa shape index (κ1) is 13.3. The molecule has 1 aromatic rings. The van der Waals surface area contributed by atoms with Crippen LogP contribution >= 0.6 is 0 Å². The number of rotatable bonds is 4. The first-order valence-corrected chi connectivity index (χ1v) is 6.15. The van der Waals surface area contributed by atoms with Crippen LogP contribution in [0.2, 0.25) is 0 Å². The van der Waals surface area contributed by atoms with Gasteiger partial charge in [0, 0.05) is 26.1 Å². The van der Waals surface area contributed by atoms with E-state index >= 15 is 0 Å². The molecule has 0 spiro atoms. The zero-order valence-electron chi connectivity index (χ0n) is 10.6. The lowest BCUT2D eigenvalue weighted by Crippen LogP contribution is -2.38. The van der Waals surface area contributed by atoms with Crippen LogP contribution < -0.4 is 16.0 Å². The molecule has 0 saturated carbocycles. The second kappa shape index (κ2) is 5.69. The molecule has 0 aliphatic carbocycles. The van der Waals surface area contributed by atoms with E-state index in [1.807, 2.05) is 0 Å². The Hall–Kier alpha value is -2.11. The molecule has 3 N–H and O–H groups in total. The third-order valence-corrected chi connectivity index (χ3v) is 3.10. The Morgan fingerprint density at radius 1 is 1.53 bits per heavy atom. The lowest BCUT2D eigenvalue weighted by Gasteiger charge is -2.13. The van der Waals surface area contributed by atoms with Crippen LogP contribution in [0.4, 0.5) is 10.1 Å². The lowest BCUT2D eigenvalue weighted by atomic mass is 10.1. The van der Waals surface area contributed by atoms with Gasteiger partial charge >= 0.3 is 0 Å². The van der Waals surface area contributed by atoms with Gasteiger partial charge in [-0.3, -0.25) is 9.59 Å². The number of para-hydroxylation sites is 1. The van der Waals surface area contributed by atoms with E-state index in [2.05, 4.69) is 16.0 Å². The largest absolute Gasteiger partial charge is 0.385 e. The van der Waals surface area contributed by atoms with Crippen LogP contribution in [0.1, 0.15) is 23.2 Å². The number of anilines is 1. The highest BCUT2D eigenvalue weighted by Gasteiger charge is 2.22. The first-order chi connectivity index (χ1) is 9.11. The monoisotopic (exact) mass is 265 g/mol. The van der Waals surface area contributed by atoms with Crippen molar-refractivity contribution in [2.45, 2.75) is 18.9 Å². The quantitative estimate of drug-likeness (QED) is 0.756. The normalized spacial score (nSPS) is 18.0. The average Bonchev–Trinajstić information content (AvgIpc) is 2.81. The number of halogens is 1. The molecule has 6 heteroatoms. The van der Waals surface area contributed by atoms with Crippen LogP contribution in [-0.2, 0) is 4.79 Å². The minimum atomic E-state index is -0.468. The topological polar surface area (TPSA) is 70.2 Å². The third kappa shape index (κ3) is 3.01. The summed E-state index contributed by atoms with van der Waals surface area (Å²) in [7, 11) is 1.56. The summed E-state index contributed by atoms with van der Waals surface area (Å²) in [6, 6.07) is 4.29. The molecule has 2 rings (SSSR count). The Bertz CT molecular complexity index is 505. The summed E-state index contributed by atoms with van der Waals surface area (Å²) in [6.07, 6.45) is 1.20. The highest BCUT2D eigenvalue weighted by atomic mass is 19.1. The highest BCUT2D eigenvalue weighted by Crippen LogP contribution is 2.19. The van der Waals surface area contributed by atoms with Crippen LogP contribution in [0.5, 0.6) is 0 Å². The summed E-state index contributed by atoms with van der Waals surface area (Å²) in [5, 5.41) is 8.13. The Labute approximate surface area is 110 Å². The molecular formula is C13H16FN3O2. The fourth-order valence-corrected chi connectivity index (χ4v) is 2.11. The second-order valence-electron chi connectivity index (χ2n) is 4.43. The van der Waals surface area contributed by atoms with Gasteiger partial charge in [-0.1, -0.05) is 6.07 Å². The molecule has 1 aromatic carbocycles. The van der Waals surface area contributed by atoms with Crippen LogP contribution in [0.15, 0.2) is 18.2 Å². The molecule has 19 heavy (non-hydrogen) atoms. The number of amides is 2. The summed E-state index contributed by atoms with van der Waals surface area (Å²) < 4.78 is 13.5. The Kier molecular flexibility index (Phi) is 3.99. The van der Waals surface area contributed by atoms with Crippen LogP contribution in [0.3, 0.4) is 0 Å². The van der Waals surface area contributed by atoms with Crippen molar-refractivity contribution in [2.24, 2.45) is 0 Å². The molecule has 2 amide bonds. The maximum atomic E-state index is 13.5. The van der Waals surface area contributed by atoms with Crippen molar-refractivity contribution in [2.75, 3.05) is 18.9 Å². The van der Waals surface area contributed by atoms with Crippen molar-refractivity contribution in [1.82, 2.24) is 10.6 Å². The van der Waals surface area contributed by atoms with Gasteiger partial charge in [0.2, 0.25) is 5.91 Å². The summed E-state index contributed by atoms with van der Waals surface area (Å²) in [4.78, 5) is 23.0. The van der Waals surface area contributed by atoms with Crippen molar-refractivity contribution >= 4 is 17.5 Å². The standard InChI is InChI=1S/C13H16FN3O2/c1-15-12-9(3-2-4-10(12)14)13(19)16-7-8-5-6-11(18)17-8/h2-4,8,15H,5-7H2,1H3,(H,16,19)(H,17,18). The zero-order chi connectivity index (χ0) is 13.8. The van der Waals surface area contributed by atoms with Crippen molar-refractivity contribution < 1.29 is 14.0 Å². The molecule has 0 aromatic heterocycles. The van der Waals surface area contributed by atoms with Gasteiger partial charge in [-0.15, -0.1) is 0 Å². The van der Waals surface area contributed by atoms with Gasteiger partial charge in [0.15, 0.2) is 0 Å². The number of carbonyl (C=O) groups excluding carboxylic acids is 2. The van der Waals surface area contributed by atoms with Gasteiger partial charge in [-0.2, -0.15) is 0 Å². The number of hydrogen-bond donors (Lipinski definition) is 3. The Morgan fingerprint density at radius 3 is 2.95 bits per heavy atom. The average molecular weight is 265 g/mol. The number of nitrogens with one attached hydrogen (secondary N) is 3. The van der Waals surface area contributed by atoms with E-state index in [1.54, 1.807) is 13.1 Å². The minimum Gasteiger partial charge on any atom is -0.385 e. The van der Waals surface area contributed by atoms with Crippen molar-refractivity contribution in [3.05, 3.63) is 29.6 Å². The minimum absolute atomic E-state index is 0.000850. The van der Waals surface area contributed by atoms with Gasteiger partial charge in [-0.25, -0.2) is 4.39 Å². The molecule has 1 aliphatic rings. The van der Waals surface area contributed by atoms with Gasteiger partial charge in [0.1, 0.15) is 5.82 Å².